The Hall–Kier alpha value is -1.71. The molecule has 2 aromatic heterocycles. The van der Waals surface area contributed by atoms with Crippen molar-refractivity contribution in [2.75, 3.05) is 0 Å². The predicted octanol–water partition coefficient (Wildman–Crippen LogP) is 3.71. The Bertz CT molecular complexity index is 776. The summed E-state index contributed by atoms with van der Waals surface area (Å²) in [5.74, 6) is 0.894. The fourth-order valence-corrected chi connectivity index (χ4v) is 5.26. The van der Waals surface area contributed by atoms with Crippen molar-refractivity contribution in [2.45, 2.75) is 69.5 Å². The van der Waals surface area contributed by atoms with Crippen molar-refractivity contribution in [3.8, 4) is 11.9 Å². The van der Waals surface area contributed by atoms with E-state index in [2.05, 4.69) is 9.97 Å². The molecule has 2 heterocycles. The predicted molar refractivity (Wildman–Crippen MR) is 92.2 cm³/mol. The Balaban J connectivity index is 1.69. The lowest BCUT2D eigenvalue weighted by molar-refractivity contribution is 0.150. The van der Waals surface area contributed by atoms with Crippen LogP contribution in [0.25, 0.3) is 10.2 Å². The summed E-state index contributed by atoms with van der Waals surface area (Å²) in [5, 5.41) is 19.7. The fraction of sp³-hybridized carbons (Fsp3) is 0.611. The maximum Gasteiger partial charge on any atom is 0.225 e. The summed E-state index contributed by atoms with van der Waals surface area (Å²) in [6, 6.07) is 1.94. The number of aromatic nitrogens is 2. The number of nitrogens with zero attached hydrogens (tertiary/aromatic N) is 3. The Morgan fingerprint density at radius 2 is 2.12 bits per heavy atom. The first-order valence-corrected chi connectivity index (χ1v) is 9.58. The van der Waals surface area contributed by atoms with E-state index >= 15 is 0 Å². The van der Waals surface area contributed by atoms with Gasteiger partial charge in [0.15, 0.2) is 0 Å². The molecule has 0 amide bonds. The summed E-state index contributed by atoms with van der Waals surface area (Å²) in [6.07, 6.45) is 9.29. The van der Waals surface area contributed by atoms with Crippen LogP contribution in [0.3, 0.4) is 0 Å². The average molecular weight is 343 g/mol. The molecule has 1 N–H and O–H groups in total. The number of aliphatic hydroxyl groups is 1. The van der Waals surface area contributed by atoms with Crippen LogP contribution in [0.2, 0.25) is 0 Å². The SMILES string of the molecule is N#CC(O)CC1CCc2sc3ncnc(OC4CCCCC4)c3c21. The van der Waals surface area contributed by atoms with Crippen molar-refractivity contribution in [3.05, 3.63) is 16.8 Å². The highest BCUT2D eigenvalue weighted by molar-refractivity contribution is 7.19. The van der Waals surface area contributed by atoms with Crippen molar-refractivity contribution in [2.24, 2.45) is 0 Å². The lowest BCUT2D eigenvalue weighted by Crippen LogP contribution is -2.20. The molecule has 5 nitrogen and oxygen atoms in total. The molecule has 1 saturated carbocycles. The molecule has 0 aliphatic heterocycles. The zero-order chi connectivity index (χ0) is 16.5. The standard InChI is InChI=1S/C18H21N3O2S/c19-9-12(22)8-11-6-7-14-15(11)16-17(20-10-21-18(16)24-14)23-13-4-2-1-3-5-13/h10-13,22H,1-8H2. The molecule has 1 fully saturated rings. The number of fused-ring (bicyclic) bond motifs is 3. The molecule has 126 valence electrons. The Labute approximate surface area is 145 Å². The third kappa shape index (κ3) is 2.87. The van der Waals surface area contributed by atoms with Crippen LogP contribution in [0, 0.1) is 11.3 Å². The molecule has 2 aromatic rings. The molecular weight excluding hydrogens is 322 g/mol. The van der Waals surface area contributed by atoms with Crippen LogP contribution in [0.15, 0.2) is 6.33 Å². The summed E-state index contributed by atoms with van der Waals surface area (Å²) >= 11 is 1.71. The number of aliphatic hydroxyl groups excluding tert-OH is 1. The van der Waals surface area contributed by atoms with Gasteiger partial charge >= 0.3 is 0 Å². The summed E-state index contributed by atoms with van der Waals surface area (Å²) in [4.78, 5) is 11.1. The van der Waals surface area contributed by atoms with Crippen LogP contribution in [0.4, 0.5) is 0 Å². The molecule has 2 atom stereocenters. The lowest BCUT2D eigenvalue weighted by Gasteiger charge is -2.23. The minimum Gasteiger partial charge on any atom is -0.474 e. The second-order valence-electron chi connectivity index (χ2n) is 6.79. The molecule has 2 aliphatic rings. The van der Waals surface area contributed by atoms with E-state index in [9.17, 15) is 5.11 Å². The van der Waals surface area contributed by atoms with E-state index in [0.717, 1.165) is 35.9 Å². The first kappa shape index (κ1) is 15.8. The highest BCUT2D eigenvalue weighted by Crippen LogP contribution is 2.47. The number of hydrogen-bond donors (Lipinski definition) is 1. The van der Waals surface area contributed by atoms with Gasteiger partial charge in [0.1, 0.15) is 23.4 Å². The highest BCUT2D eigenvalue weighted by atomic mass is 32.1. The topological polar surface area (TPSA) is 79.0 Å². The zero-order valence-corrected chi connectivity index (χ0v) is 14.4. The van der Waals surface area contributed by atoms with Crippen molar-refractivity contribution in [1.82, 2.24) is 9.97 Å². The summed E-state index contributed by atoms with van der Waals surface area (Å²) in [5.41, 5.74) is 1.22. The first-order chi connectivity index (χ1) is 11.8. The second-order valence-corrected chi connectivity index (χ2v) is 7.88. The maximum absolute atomic E-state index is 9.76. The number of aryl methyl sites for hydroxylation is 1. The van der Waals surface area contributed by atoms with Crippen LogP contribution in [0.1, 0.15) is 61.3 Å². The van der Waals surface area contributed by atoms with Gasteiger partial charge in [0.05, 0.1) is 11.5 Å². The van der Waals surface area contributed by atoms with E-state index in [1.165, 1.54) is 29.7 Å². The molecule has 0 spiro atoms. The Morgan fingerprint density at radius 1 is 1.29 bits per heavy atom. The van der Waals surface area contributed by atoms with Gasteiger partial charge in [-0.3, -0.25) is 0 Å². The number of rotatable bonds is 4. The van der Waals surface area contributed by atoms with Crippen LogP contribution in [-0.4, -0.2) is 27.3 Å². The average Bonchev–Trinajstić information content (AvgIpc) is 3.16. The van der Waals surface area contributed by atoms with Crippen LogP contribution in [-0.2, 0) is 6.42 Å². The van der Waals surface area contributed by atoms with Crippen molar-refractivity contribution in [1.29, 1.82) is 5.26 Å². The lowest BCUT2D eigenvalue weighted by atomic mass is 9.95. The minimum absolute atomic E-state index is 0.197. The number of thiophene rings is 1. The molecule has 0 aromatic carbocycles. The van der Waals surface area contributed by atoms with Gasteiger partial charge in [-0.25, -0.2) is 9.97 Å². The quantitative estimate of drug-likeness (QED) is 0.856. The van der Waals surface area contributed by atoms with E-state index in [1.54, 1.807) is 17.7 Å². The summed E-state index contributed by atoms with van der Waals surface area (Å²) < 4.78 is 6.26. The Morgan fingerprint density at radius 3 is 2.92 bits per heavy atom. The molecule has 0 bridgehead atoms. The van der Waals surface area contributed by atoms with Crippen molar-refractivity contribution in [3.63, 3.8) is 0 Å². The van der Waals surface area contributed by atoms with E-state index < -0.39 is 6.10 Å². The van der Waals surface area contributed by atoms with Gasteiger partial charge in [0.25, 0.3) is 0 Å². The van der Waals surface area contributed by atoms with E-state index in [1.807, 2.05) is 6.07 Å². The number of ether oxygens (including phenoxy) is 1. The number of nitriles is 1. The summed E-state index contributed by atoms with van der Waals surface area (Å²) in [6.45, 7) is 0. The van der Waals surface area contributed by atoms with Gasteiger partial charge in [-0.1, -0.05) is 6.42 Å². The van der Waals surface area contributed by atoms with E-state index in [4.69, 9.17) is 10.00 Å². The smallest absolute Gasteiger partial charge is 0.225 e. The highest BCUT2D eigenvalue weighted by Gasteiger charge is 2.32. The van der Waals surface area contributed by atoms with Gasteiger partial charge in [-0.2, -0.15) is 5.26 Å². The summed E-state index contributed by atoms with van der Waals surface area (Å²) in [7, 11) is 0. The second kappa shape index (κ2) is 6.66. The molecule has 6 heteroatoms. The largest absolute Gasteiger partial charge is 0.474 e. The molecule has 2 aliphatic carbocycles. The van der Waals surface area contributed by atoms with Gasteiger partial charge in [0.2, 0.25) is 5.88 Å². The molecule has 2 unspecified atom stereocenters. The third-order valence-electron chi connectivity index (χ3n) is 5.18. The van der Waals surface area contributed by atoms with Crippen molar-refractivity contribution < 1.29 is 9.84 Å². The van der Waals surface area contributed by atoms with Gasteiger partial charge in [0, 0.05) is 4.88 Å². The molecule has 0 radical (unpaired) electrons. The van der Waals surface area contributed by atoms with E-state index in [0.29, 0.717) is 12.3 Å². The van der Waals surface area contributed by atoms with Crippen LogP contribution >= 0.6 is 11.3 Å². The van der Waals surface area contributed by atoms with Gasteiger partial charge < -0.3 is 9.84 Å². The minimum atomic E-state index is -0.914. The molecule has 0 saturated heterocycles. The first-order valence-electron chi connectivity index (χ1n) is 8.77. The fourth-order valence-electron chi connectivity index (χ4n) is 4.03. The molecular formula is C18H21N3O2S. The van der Waals surface area contributed by atoms with Crippen molar-refractivity contribution >= 4 is 21.6 Å². The van der Waals surface area contributed by atoms with E-state index in [-0.39, 0.29) is 12.0 Å². The monoisotopic (exact) mass is 343 g/mol. The normalized spacial score (nSPS) is 22.2. The number of hydrogen-bond acceptors (Lipinski definition) is 6. The van der Waals surface area contributed by atoms with Crippen LogP contribution < -0.4 is 4.74 Å². The van der Waals surface area contributed by atoms with Crippen LogP contribution in [0.5, 0.6) is 5.88 Å². The molecule has 4 rings (SSSR count). The maximum atomic E-state index is 9.76. The third-order valence-corrected chi connectivity index (χ3v) is 6.36. The molecule has 24 heavy (non-hydrogen) atoms. The zero-order valence-electron chi connectivity index (χ0n) is 13.6. The Kier molecular flexibility index (Phi) is 4.38. The van der Waals surface area contributed by atoms with Gasteiger partial charge in [-0.15, -0.1) is 11.3 Å². The van der Waals surface area contributed by atoms with Gasteiger partial charge in [-0.05, 0) is 56.4 Å².